The van der Waals surface area contributed by atoms with E-state index in [2.05, 4.69) is 31.2 Å². The van der Waals surface area contributed by atoms with E-state index >= 15 is 0 Å². The number of aryl methyl sites for hydroxylation is 1. The summed E-state index contributed by atoms with van der Waals surface area (Å²) in [6, 6.07) is 5.64. The van der Waals surface area contributed by atoms with Crippen LogP contribution in [0.25, 0.3) is 0 Å². The Morgan fingerprint density at radius 2 is 2.08 bits per heavy atom. The number of H-pyrrole nitrogens is 1. The van der Waals surface area contributed by atoms with E-state index < -0.39 is 23.3 Å². The van der Waals surface area contributed by atoms with Gasteiger partial charge in [0, 0.05) is 16.2 Å². The molecular weight excluding hydrogens is 411 g/mol. The number of benzene rings is 1. The van der Waals surface area contributed by atoms with Gasteiger partial charge in [-0.15, -0.1) is 0 Å². The number of alkyl halides is 3. The Kier molecular flexibility index (Phi) is 5.70. The van der Waals surface area contributed by atoms with Crippen LogP contribution >= 0.6 is 27.7 Å². The Labute approximate surface area is 147 Å². The molecule has 0 fully saturated rings. The fourth-order valence-electron chi connectivity index (χ4n) is 1.74. The van der Waals surface area contributed by atoms with Gasteiger partial charge in [0.1, 0.15) is 0 Å². The van der Waals surface area contributed by atoms with Crippen LogP contribution in [-0.2, 0) is 11.0 Å². The van der Waals surface area contributed by atoms with Gasteiger partial charge in [0.25, 0.3) is 5.56 Å². The maximum atomic E-state index is 12.6. The summed E-state index contributed by atoms with van der Waals surface area (Å²) in [5.41, 5.74) is -0.801. The van der Waals surface area contributed by atoms with Crippen LogP contribution in [0.15, 0.2) is 38.7 Å². The summed E-state index contributed by atoms with van der Waals surface area (Å²) >= 11 is 4.02. The molecule has 128 valence electrons. The molecule has 0 unspecified atom stereocenters. The number of thioether (sulfide) groups is 1. The van der Waals surface area contributed by atoms with Crippen molar-refractivity contribution in [3.63, 3.8) is 0 Å². The maximum absolute atomic E-state index is 12.6. The van der Waals surface area contributed by atoms with Gasteiger partial charge in [-0.05, 0) is 30.7 Å². The van der Waals surface area contributed by atoms with Crippen LogP contribution in [0.5, 0.6) is 0 Å². The lowest BCUT2D eigenvalue weighted by Crippen LogP contribution is -2.18. The summed E-state index contributed by atoms with van der Waals surface area (Å²) in [5.74, 6) is -0.620. The Bertz CT molecular complexity index is 824. The fourth-order valence-corrected chi connectivity index (χ4v) is 2.89. The van der Waals surface area contributed by atoms with Crippen molar-refractivity contribution in [3.8, 4) is 0 Å². The highest BCUT2D eigenvalue weighted by molar-refractivity contribution is 9.10. The molecule has 0 aliphatic rings. The van der Waals surface area contributed by atoms with Gasteiger partial charge in [0.2, 0.25) is 5.91 Å². The lowest BCUT2D eigenvalue weighted by molar-refractivity contribution is -0.141. The number of carbonyl (C=O) groups is 1. The predicted molar refractivity (Wildman–Crippen MR) is 88.1 cm³/mol. The number of nitrogens with zero attached hydrogens (tertiary/aromatic N) is 1. The van der Waals surface area contributed by atoms with Gasteiger partial charge < -0.3 is 10.3 Å². The molecule has 0 radical (unpaired) electrons. The number of rotatable bonds is 4. The van der Waals surface area contributed by atoms with Crippen molar-refractivity contribution in [2.24, 2.45) is 0 Å². The number of amides is 1. The molecule has 0 atom stereocenters. The topological polar surface area (TPSA) is 74.8 Å². The van der Waals surface area contributed by atoms with Crippen LogP contribution < -0.4 is 10.9 Å². The number of hydrogen-bond donors (Lipinski definition) is 2. The summed E-state index contributed by atoms with van der Waals surface area (Å²) in [6.07, 6.45) is -4.72. The fraction of sp³-hybridized carbons (Fsp3) is 0.214. The molecular formula is C14H11BrF3N3O2S. The van der Waals surface area contributed by atoms with E-state index in [-0.39, 0.29) is 10.9 Å². The summed E-state index contributed by atoms with van der Waals surface area (Å²) in [7, 11) is 0. The minimum atomic E-state index is -4.72. The Hall–Kier alpha value is -1.81. The molecule has 0 aliphatic heterocycles. The standard InChI is InChI=1S/C14H11BrF3N3O2S/c1-7-4-8(15)2-3-9(7)19-12(23)6-24-13-20-10(14(16,17)18)5-11(22)21-13/h2-5H,6H2,1H3,(H,19,23)(H,20,21,22). The van der Waals surface area contributed by atoms with Crippen LogP contribution in [0.2, 0.25) is 0 Å². The van der Waals surface area contributed by atoms with Crippen molar-refractivity contribution in [2.75, 3.05) is 11.1 Å². The van der Waals surface area contributed by atoms with E-state index in [1.807, 2.05) is 6.07 Å². The second kappa shape index (κ2) is 7.39. The van der Waals surface area contributed by atoms with Crippen LogP contribution in [0.1, 0.15) is 11.3 Å². The largest absolute Gasteiger partial charge is 0.433 e. The SMILES string of the molecule is Cc1cc(Br)ccc1NC(=O)CSc1nc(C(F)(F)F)cc(=O)[nH]1. The summed E-state index contributed by atoms with van der Waals surface area (Å²) in [6.45, 7) is 1.80. The molecule has 1 heterocycles. The van der Waals surface area contributed by atoms with Gasteiger partial charge in [0.05, 0.1) is 5.75 Å². The molecule has 1 amide bonds. The van der Waals surface area contributed by atoms with Gasteiger partial charge in [-0.2, -0.15) is 13.2 Å². The van der Waals surface area contributed by atoms with Crippen molar-refractivity contribution < 1.29 is 18.0 Å². The Morgan fingerprint density at radius 1 is 1.38 bits per heavy atom. The maximum Gasteiger partial charge on any atom is 0.433 e. The van der Waals surface area contributed by atoms with Crippen molar-refractivity contribution in [1.82, 2.24) is 9.97 Å². The molecule has 0 spiro atoms. The predicted octanol–water partition coefficient (Wildman–Crippen LogP) is 3.59. The molecule has 0 bridgehead atoms. The second-order valence-electron chi connectivity index (χ2n) is 4.73. The first kappa shape index (κ1) is 18.5. The van der Waals surface area contributed by atoms with E-state index in [4.69, 9.17) is 0 Å². The highest BCUT2D eigenvalue weighted by Crippen LogP contribution is 2.27. The first-order chi connectivity index (χ1) is 11.1. The van der Waals surface area contributed by atoms with E-state index in [1.54, 1.807) is 19.1 Å². The van der Waals surface area contributed by atoms with E-state index in [0.717, 1.165) is 10.0 Å². The number of halogens is 4. The zero-order chi connectivity index (χ0) is 17.9. The third kappa shape index (κ3) is 5.10. The Balaban J connectivity index is 2.04. The summed E-state index contributed by atoms with van der Waals surface area (Å²) in [4.78, 5) is 28.6. The lowest BCUT2D eigenvalue weighted by Gasteiger charge is -2.09. The highest BCUT2D eigenvalue weighted by atomic mass is 79.9. The Morgan fingerprint density at radius 3 is 2.71 bits per heavy atom. The molecule has 2 rings (SSSR count). The normalized spacial score (nSPS) is 11.4. The van der Waals surface area contributed by atoms with E-state index in [9.17, 15) is 22.8 Å². The smallest absolute Gasteiger partial charge is 0.325 e. The van der Waals surface area contributed by atoms with Gasteiger partial charge in [-0.25, -0.2) is 4.98 Å². The summed E-state index contributed by atoms with van der Waals surface area (Å²) < 4.78 is 38.7. The van der Waals surface area contributed by atoms with Crippen molar-refractivity contribution in [1.29, 1.82) is 0 Å². The molecule has 0 saturated carbocycles. The van der Waals surface area contributed by atoms with Crippen LogP contribution in [0.4, 0.5) is 18.9 Å². The monoisotopic (exact) mass is 421 g/mol. The number of carbonyl (C=O) groups excluding carboxylic acids is 1. The number of hydrogen-bond acceptors (Lipinski definition) is 4. The lowest BCUT2D eigenvalue weighted by atomic mass is 10.2. The number of anilines is 1. The van der Waals surface area contributed by atoms with E-state index in [1.165, 1.54) is 0 Å². The molecule has 24 heavy (non-hydrogen) atoms. The van der Waals surface area contributed by atoms with Crippen LogP contribution in [-0.4, -0.2) is 21.6 Å². The molecule has 5 nitrogen and oxygen atoms in total. The molecule has 1 aromatic heterocycles. The van der Waals surface area contributed by atoms with E-state index in [0.29, 0.717) is 23.5 Å². The zero-order valence-corrected chi connectivity index (χ0v) is 14.6. The molecule has 0 aliphatic carbocycles. The molecule has 10 heteroatoms. The quantitative estimate of drug-likeness (QED) is 0.584. The van der Waals surface area contributed by atoms with Gasteiger partial charge >= 0.3 is 6.18 Å². The first-order valence-corrected chi connectivity index (χ1v) is 8.30. The molecule has 2 aromatic rings. The number of nitrogens with one attached hydrogen (secondary N) is 2. The molecule has 1 aromatic carbocycles. The second-order valence-corrected chi connectivity index (χ2v) is 6.61. The highest BCUT2D eigenvalue weighted by Gasteiger charge is 2.33. The van der Waals surface area contributed by atoms with Crippen LogP contribution in [0.3, 0.4) is 0 Å². The first-order valence-electron chi connectivity index (χ1n) is 6.52. The third-order valence-electron chi connectivity index (χ3n) is 2.81. The van der Waals surface area contributed by atoms with Crippen molar-refractivity contribution in [3.05, 3.63) is 50.3 Å². The molecule has 0 saturated heterocycles. The third-order valence-corrected chi connectivity index (χ3v) is 4.18. The average Bonchev–Trinajstić information content (AvgIpc) is 2.47. The molecule has 2 N–H and O–H groups in total. The van der Waals surface area contributed by atoms with Gasteiger partial charge in [0.15, 0.2) is 10.9 Å². The van der Waals surface area contributed by atoms with Crippen molar-refractivity contribution >= 4 is 39.3 Å². The minimum Gasteiger partial charge on any atom is -0.325 e. The number of aromatic nitrogens is 2. The number of aromatic amines is 1. The average molecular weight is 422 g/mol. The summed E-state index contributed by atoms with van der Waals surface area (Å²) in [5, 5.41) is 2.38. The van der Waals surface area contributed by atoms with Gasteiger partial charge in [-0.1, -0.05) is 27.7 Å². The van der Waals surface area contributed by atoms with Crippen LogP contribution in [0, 0.1) is 6.92 Å². The van der Waals surface area contributed by atoms with Gasteiger partial charge in [-0.3, -0.25) is 9.59 Å². The minimum absolute atomic E-state index is 0.195. The zero-order valence-electron chi connectivity index (χ0n) is 12.2. The van der Waals surface area contributed by atoms with Crippen molar-refractivity contribution in [2.45, 2.75) is 18.3 Å².